The van der Waals surface area contributed by atoms with Crippen molar-refractivity contribution < 1.29 is 18.7 Å². The van der Waals surface area contributed by atoms with E-state index in [1.54, 1.807) is 31.4 Å². The third-order valence-corrected chi connectivity index (χ3v) is 3.58. The molecule has 0 fully saturated rings. The van der Waals surface area contributed by atoms with Gasteiger partial charge in [0, 0.05) is 12.1 Å². The molecule has 0 unspecified atom stereocenters. The van der Waals surface area contributed by atoms with Crippen molar-refractivity contribution >= 4 is 17.8 Å². The fourth-order valence-electron chi connectivity index (χ4n) is 2.25. The average Bonchev–Trinajstić information content (AvgIpc) is 3.15. The monoisotopic (exact) mass is 351 g/mol. The van der Waals surface area contributed by atoms with Gasteiger partial charge in [-0.15, -0.1) is 0 Å². The number of hydrogen-bond donors (Lipinski definition) is 2. The normalized spacial score (nSPS) is 10.2. The molecule has 0 atom stereocenters. The highest BCUT2D eigenvalue weighted by molar-refractivity contribution is 6.03. The lowest BCUT2D eigenvalue weighted by atomic mass is 10.2. The molecule has 7 heteroatoms. The zero-order valence-electron chi connectivity index (χ0n) is 14.1. The summed E-state index contributed by atoms with van der Waals surface area (Å²) >= 11 is 0. The topological polar surface area (TPSA) is 93.5 Å². The summed E-state index contributed by atoms with van der Waals surface area (Å²) in [5.41, 5.74) is 1.43. The van der Waals surface area contributed by atoms with Crippen LogP contribution in [0.5, 0.6) is 5.75 Å². The number of anilines is 1. The predicted molar refractivity (Wildman–Crippen MR) is 95.1 cm³/mol. The van der Waals surface area contributed by atoms with Crippen LogP contribution in [0.4, 0.5) is 6.01 Å². The molecule has 132 valence electrons. The molecule has 2 amide bonds. The zero-order chi connectivity index (χ0) is 18.4. The van der Waals surface area contributed by atoms with E-state index in [0.717, 1.165) is 5.56 Å². The van der Waals surface area contributed by atoms with Crippen molar-refractivity contribution in [3.8, 4) is 5.75 Å². The number of methoxy groups -OCH3 is 1. The average molecular weight is 351 g/mol. The van der Waals surface area contributed by atoms with Crippen molar-refractivity contribution in [1.29, 1.82) is 0 Å². The standard InChI is InChI=1S/C19H17N3O4/c1-25-15-9-5-6-13(10-15)11-20-18(24)16-12-26-19(21-16)22-17(23)14-7-3-2-4-8-14/h2-10,12H,11H2,1H3,(H,20,24)(H,21,22,23). The lowest BCUT2D eigenvalue weighted by Gasteiger charge is -2.05. The van der Waals surface area contributed by atoms with Gasteiger partial charge in [0.1, 0.15) is 12.0 Å². The first-order valence-corrected chi connectivity index (χ1v) is 7.89. The molecule has 1 aromatic heterocycles. The Labute approximate surface area is 150 Å². The minimum absolute atomic E-state index is 0.0367. The number of benzene rings is 2. The van der Waals surface area contributed by atoms with E-state index >= 15 is 0 Å². The first kappa shape index (κ1) is 17.2. The van der Waals surface area contributed by atoms with E-state index in [0.29, 0.717) is 17.9 Å². The summed E-state index contributed by atoms with van der Waals surface area (Å²) in [5, 5.41) is 5.24. The molecule has 0 saturated heterocycles. The largest absolute Gasteiger partial charge is 0.497 e. The van der Waals surface area contributed by atoms with Crippen molar-refractivity contribution in [3.05, 3.63) is 77.7 Å². The number of oxazole rings is 1. The SMILES string of the molecule is COc1cccc(CNC(=O)c2coc(NC(=O)c3ccccc3)n2)c1. The highest BCUT2D eigenvalue weighted by Gasteiger charge is 2.14. The van der Waals surface area contributed by atoms with E-state index in [1.807, 2.05) is 30.3 Å². The van der Waals surface area contributed by atoms with Gasteiger partial charge in [-0.05, 0) is 29.8 Å². The Morgan fingerprint density at radius 3 is 2.65 bits per heavy atom. The molecule has 2 N–H and O–H groups in total. The van der Waals surface area contributed by atoms with E-state index in [4.69, 9.17) is 9.15 Å². The maximum absolute atomic E-state index is 12.2. The summed E-state index contributed by atoms with van der Waals surface area (Å²) in [5.74, 6) is -0.0586. The summed E-state index contributed by atoms with van der Waals surface area (Å²) in [6.07, 6.45) is 1.20. The molecule has 1 heterocycles. The molecule has 0 bridgehead atoms. The number of nitrogens with zero attached hydrogens (tertiary/aromatic N) is 1. The van der Waals surface area contributed by atoms with E-state index < -0.39 is 5.91 Å². The lowest BCUT2D eigenvalue weighted by Crippen LogP contribution is -2.23. The van der Waals surface area contributed by atoms with Crippen molar-refractivity contribution in [3.63, 3.8) is 0 Å². The van der Waals surface area contributed by atoms with Gasteiger partial charge < -0.3 is 14.5 Å². The van der Waals surface area contributed by atoms with Crippen LogP contribution >= 0.6 is 0 Å². The van der Waals surface area contributed by atoms with Crippen molar-refractivity contribution in [2.45, 2.75) is 6.54 Å². The van der Waals surface area contributed by atoms with E-state index in [1.165, 1.54) is 6.26 Å². The second-order valence-corrected chi connectivity index (χ2v) is 5.39. The minimum Gasteiger partial charge on any atom is -0.497 e. The van der Waals surface area contributed by atoms with Crippen LogP contribution in [0.1, 0.15) is 26.4 Å². The van der Waals surface area contributed by atoms with Gasteiger partial charge >= 0.3 is 6.01 Å². The number of amides is 2. The first-order valence-electron chi connectivity index (χ1n) is 7.89. The lowest BCUT2D eigenvalue weighted by molar-refractivity contribution is 0.0944. The number of hydrogen-bond acceptors (Lipinski definition) is 5. The Kier molecular flexibility index (Phi) is 5.28. The van der Waals surface area contributed by atoms with Gasteiger partial charge in [0.25, 0.3) is 11.8 Å². The summed E-state index contributed by atoms with van der Waals surface area (Å²) in [6.45, 7) is 0.314. The van der Waals surface area contributed by atoms with Gasteiger partial charge in [-0.25, -0.2) is 0 Å². The highest BCUT2D eigenvalue weighted by atomic mass is 16.5. The molecule has 3 aromatic rings. The van der Waals surface area contributed by atoms with Crippen LogP contribution in [0.25, 0.3) is 0 Å². The third kappa shape index (κ3) is 4.27. The van der Waals surface area contributed by atoms with Crippen LogP contribution in [0.3, 0.4) is 0 Å². The van der Waals surface area contributed by atoms with Gasteiger partial charge in [-0.3, -0.25) is 14.9 Å². The molecular formula is C19H17N3O4. The van der Waals surface area contributed by atoms with Gasteiger partial charge in [-0.1, -0.05) is 30.3 Å². The third-order valence-electron chi connectivity index (χ3n) is 3.58. The smallest absolute Gasteiger partial charge is 0.302 e. The summed E-state index contributed by atoms with van der Waals surface area (Å²) in [6, 6.07) is 16.0. The maximum Gasteiger partial charge on any atom is 0.302 e. The summed E-state index contributed by atoms with van der Waals surface area (Å²) < 4.78 is 10.3. The fourth-order valence-corrected chi connectivity index (χ4v) is 2.25. The second kappa shape index (κ2) is 7.98. The van der Waals surface area contributed by atoms with Crippen molar-refractivity contribution in [2.24, 2.45) is 0 Å². The minimum atomic E-state index is -0.406. The Bertz CT molecular complexity index is 906. The number of carbonyl (C=O) groups is 2. The number of nitrogens with one attached hydrogen (secondary N) is 2. The molecule has 0 aliphatic rings. The molecule has 7 nitrogen and oxygen atoms in total. The molecule has 0 saturated carbocycles. The summed E-state index contributed by atoms with van der Waals surface area (Å²) in [4.78, 5) is 28.2. The van der Waals surface area contributed by atoms with Crippen LogP contribution < -0.4 is 15.4 Å². The molecular weight excluding hydrogens is 334 g/mol. The Hall–Kier alpha value is -3.61. The van der Waals surface area contributed by atoms with Gasteiger partial charge in [0.2, 0.25) is 0 Å². The Morgan fingerprint density at radius 1 is 1.08 bits per heavy atom. The second-order valence-electron chi connectivity index (χ2n) is 5.39. The molecule has 2 aromatic carbocycles. The molecule has 0 aliphatic carbocycles. The van der Waals surface area contributed by atoms with Crippen molar-refractivity contribution in [2.75, 3.05) is 12.4 Å². The number of carbonyl (C=O) groups excluding carboxylic acids is 2. The fraction of sp³-hybridized carbons (Fsp3) is 0.105. The van der Waals surface area contributed by atoms with Crippen molar-refractivity contribution in [1.82, 2.24) is 10.3 Å². The maximum atomic E-state index is 12.2. The van der Waals surface area contributed by atoms with Crippen LogP contribution in [-0.2, 0) is 6.54 Å². The zero-order valence-corrected chi connectivity index (χ0v) is 14.1. The first-order chi connectivity index (χ1) is 12.7. The van der Waals surface area contributed by atoms with Gasteiger partial charge in [-0.2, -0.15) is 4.98 Å². The Balaban J connectivity index is 1.58. The predicted octanol–water partition coefficient (Wildman–Crippen LogP) is 2.87. The quantitative estimate of drug-likeness (QED) is 0.712. The van der Waals surface area contributed by atoms with Crippen LogP contribution in [0.2, 0.25) is 0 Å². The molecule has 3 rings (SSSR count). The van der Waals surface area contributed by atoms with Crippen LogP contribution in [0, 0.1) is 0 Å². The molecule has 0 spiro atoms. The summed E-state index contributed by atoms with van der Waals surface area (Å²) in [7, 11) is 1.58. The number of ether oxygens (including phenoxy) is 1. The molecule has 26 heavy (non-hydrogen) atoms. The van der Waals surface area contributed by atoms with Crippen LogP contribution in [-0.4, -0.2) is 23.9 Å². The van der Waals surface area contributed by atoms with E-state index in [2.05, 4.69) is 15.6 Å². The highest BCUT2D eigenvalue weighted by Crippen LogP contribution is 2.13. The van der Waals surface area contributed by atoms with Crippen LogP contribution in [0.15, 0.2) is 65.3 Å². The van der Waals surface area contributed by atoms with E-state index in [-0.39, 0.29) is 17.6 Å². The Morgan fingerprint density at radius 2 is 1.88 bits per heavy atom. The molecule has 0 aliphatic heterocycles. The van der Waals surface area contributed by atoms with Gasteiger partial charge in [0.05, 0.1) is 7.11 Å². The number of rotatable bonds is 6. The van der Waals surface area contributed by atoms with Gasteiger partial charge in [0.15, 0.2) is 5.69 Å². The van der Waals surface area contributed by atoms with E-state index in [9.17, 15) is 9.59 Å². The number of aromatic nitrogens is 1. The molecule has 0 radical (unpaired) electrons.